The molecule has 1 aliphatic rings. The fourth-order valence-corrected chi connectivity index (χ4v) is 4.66. The Morgan fingerprint density at radius 1 is 1.02 bits per heavy atom. The van der Waals surface area contributed by atoms with Gasteiger partial charge < -0.3 is 30.6 Å². The Balaban J connectivity index is 1.75. The van der Waals surface area contributed by atoms with Crippen LogP contribution < -0.4 is 15.5 Å². The van der Waals surface area contributed by atoms with Crippen molar-refractivity contribution in [2.45, 2.75) is 12.6 Å². The highest BCUT2D eigenvalue weighted by Crippen LogP contribution is 2.39. The second-order valence-corrected chi connectivity index (χ2v) is 9.79. The van der Waals surface area contributed by atoms with Gasteiger partial charge in [0.25, 0.3) is 0 Å². The summed E-state index contributed by atoms with van der Waals surface area (Å²) in [7, 11) is 1.51. The number of hydrogen-bond donors (Lipinski definition) is 4. The zero-order valence-electron chi connectivity index (χ0n) is 22.4. The number of fused-ring (bicyclic) bond motifs is 1. The predicted molar refractivity (Wildman–Crippen MR) is 162 cm³/mol. The van der Waals surface area contributed by atoms with E-state index in [0.29, 0.717) is 16.9 Å². The molecule has 4 N–H and O–H groups in total. The van der Waals surface area contributed by atoms with E-state index in [2.05, 4.69) is 17.6 Å². The van der Waals surface area contributed by atoms with E-state index < -0.39 is 30.4 Å². The fraction of sp³-hybridized carbons (Fsp3) is 0.200. The molecule has 0 fully saturated rings. The molecular weight excluding hydrogens is 542 g/mol. The van der Waals surface area contributed by atoms with Gasteiger partial charge in [-0.05, 0) is 23.8 Å². The minimum absolute atomic E-state index is 0.107. The summed E-state index contributed by atoms with van der Waals surface area (Å²) in [6, 6.07) is 20.5. The van der Waals surface area contributed by atoms with Gasteiger partial charge in [0, 0.05) is 36.7 Å². The van der Waals surface area contributed by atoms with E-state index in [1.807, 2.05) is 54.6 Å². The van der Waals surface area contributed by atoms with Gasteiger partial charge in [-0.3, -0.25) is 19.4 Å². The summed E-state index contributed by atoms with van der Waals surface area (Å²) in [6.07, 6.45) is 3.16. The van der Waals surface area contributed by atoms with Crippen LogP contribution in [0.25, 0.3) is 5.70 Å². The number of phenols is 1. The number of carbonyl (C=O) groups is 3. The summed E-state index contributed by atoms with van der Waals surface area (Å²) in [5.41, 5.74) is 8.94. The molecule has 11 heteroatoms. The minimum atomic E-state index is -1.14. The van der Waals surface area contributed by atoms with E-state index in [9.17, 15) is 24.6 Å². The van der Waals surface area contributed by atoms with Crippen LogP contribution in [0.1, 0.15) is 16.7 Å². The lowest BCUT2D eigenvalue weighted by atomic mass is 10.1. The van der Waals surface area contributed by atoms with Gasteiger partial charge in [-0.2, -0.15) is 12.6 Å². The third-order valence-corrected chi connectivity index (χ3v) is 7.01. The number of hydrogen-bond acceptors (Lipinski definition) is 8. The van der Waals surface area contributed by atoms with Crippen LogP contribution in [0, 0.1) is 0 Å². The molecule has 3 aromatic rings. The molecule has 1 unspecified atom stereocenters. The average Bonchev–Trinajstić information content (AvgIpc) is 3.15. The molecular formula is C30H31N5O5S. The number of nitrogens with zero attached hydrogens (tertiary/aromatic N) is 4. The molecule has 10 nitrogen and oxygen atoms in total. The first-order chi connectivity index (χ1) is 19.7. The fourth-order valence-electron chi connectivity index (χ4n) is 4.50. The average molecular weight is 574 g/mol. The van der Waals surface area contributed by atoms with Crippen LogP contribution in [0.5, 0.6) is 5.75 Å². The number of amides is 2. The number of carbonyl (C=O) groups excluding carboxylic acids is 2. The number of aromatic hydroxyl groups is 1. The maximum absolute atomic E-state index is 13.7. The highest BCUT2D eigenvalue weighted by Gasteiger charge is 2.28. The van der Waals surface area contributed by atoms with Gasteiger partial charge in [0.15, 0.2) is 0 Å². The summed E-state index contributed by atoms with van der Waals surface area (Å²) < 4.78 is 0. The Morgan fingerprint density at radius 3 is 2.44 bits per heavy atom. The Labute approximate surface area is 243 Å². The Hall–Kier alpha value is -4.61. The first-order valence-corrected chi connectivity index (χ1v) is 13.4. The zero-order chi connectivity index (χ0) is 29.5. The summed E-state index contributed by atoms with van der Waals surface area (Å²) in [6.45, 7) is -0.622. The molecule has 212 valence electrons. The molecule has 1 heterocycles. The third-order valence-electron chi connectivity index (χ3n) is 6.61. The molecule has 0 radical (unpaired) electrons. The van der Waals surface area contributed by atoms with Crippen molar-refractivity contribution in [2.75, 3.05) is 35.7 Å². The molecule has 0 aliphatic carbocycles. The molecule has 2 amide bonds. The normalized spacial score (nSPS) is 13.0. The maximum atomic E-state index is 13.7. The molecule has 0 bridgehead atoms. The number of carboxylic acids is 1. The summed E-state index contributed by atoms with van der Waals surface area (Å²) in [5.74, 6) is -2.09. The standard InChI is InChI=1S/C30H31N5O5S/c1-33(30(40)23(31)19-41)25-13-7-11-22(29(25)39)26-15-32-14-21-10-5-6-12-24(21)35(26)17-27(36)34(18-28(37)38)16-20-8-3-2-4-9-20/h2-15,23,39,41H,16-19,31H2,1H3,(H,37,38). The van der Waals surface area contributed by atoms with Crippen LogP contribution in [0.4, 0.5) is 11.4 Å². The Morgan fingerprint density at radius 2 is 1.73 bits per heavy atom. The van der Waals surface area contributed by atoms with Crippen LogP contribution in [-0.2, 0) is 20.9 Å². The number of rotatable bonds is 10. The zero-order valence-corrected chi connectivity index (χ0v) is 23.3. The summed E-state index contributed by atoms with van der Waals surface area (Å²) >= 11 is 4.10. The van der Waals surface area contributed by atoms with Crippen molar-refractivity contribution in [2.24, 2.45) is 10.7 Å². The molecule has 0 spiro atoms. The Bertz CT molecular complexity index is 1490. The number of aliphatic imine (C=N–C) groups is 1. The van der Waals surface area contributed by atoms with Crippen LogP contribution in [0.2, 0.25) is 0 Å². The second kappa shape index (κ2) is 13.2. The van der Waals surface area contributed by atoms with Crippen LogP contribution in [0.15, 0.2) is 84.0 Å². The van der Waals surface area contributed by atoms with E-state index in [1.165, 1.54) is 23.0 Å². The summed E-state index contributed by atoms with van der Waals surface area (Å²) in [4.78, 5) is 46.8. The monoisotopic (exact) mass is 573 g/mol. The molecule has 0 saturated carbocycles. The van der Waals surface area contributed by atoms with Crippen molar-refractivity contribution in [1.82, 2.24) is 4.90 Å². The van der Waals surface area contributed by atoms with Crippen molar-refractivity contribution in [3.63, 3.8) is 0 Å². The number of thiol groups is 1. The van der Waals surface area contributed by atoms with Gasteiger partial charge in [0.2, 0.25) is 11.8 Å². The molecule has 0 aromatic heterocycles. The Kier molecular flexibility index (Phi) is 9.43. The molecule has 3 aromatic carbocycles. The van der Waals surface area contributed by atoms with E-state index in [4.69, 9.17) is 5.73 Å². The lowest BCUT2D eigenvalue weighted by molar-refractivity contribution is -0.144. The van der Waals surface area contributed by atoms with Gasteiger partial charge in [-0.25, -0.2) is 0 Å². The van der Waals surface area contributed by atoms with Gasteiger partial charge >= 0.3 is 5.97 Å². The lowest BCUT2D eigenvalue weighted by Crippen LogP contribution is -2.43. The van der Waals surface area contributed by atoms with E-state index >= 15 is 0 Å². The van der Waals surface area contributed by atoms with Crippen molar-refractivity contribution < 1.29 is 24.6 Å². The number of carboxylic acid groups (broad SMARTS) is 1. The molecule has 41 heavy (non-hydrogen) atoms. The number of aliphatic carboxylic acids is 1. The maximum Gasteiger partial charge on any atom is 0.323 e. The molecule has 0 saturated heterocycles. The lowest BCUT2D eigenvalue weighted by Gasteiger charge is -2.31. The van der Waals surface area contributed by atoms with Crippen LogP contribution >= 0.6 is 12.6 Å². The van der Waals surface area contributed by atoms with E-state index in [-0.39, 0.29) is 30.3 Å². The predicted octanol–water partition coefficient (Wildman–Crippen LogP) is 2.96. The number of phenolic OH excluding ortho intramolecular Hbond substituents is 1. The second-order valence-electron chi connectivity index (χ2n) is 9.43. The van der Waals surface area contributed by atoms with Gasteiger partial charge in [-0.1, -0.05) is 54.6 Å². The number of benzene rings is 3. The number of nitrogens with two attached hydrogens (primary N) is 1. The smallest absolute Gasteiger partial charge is 0.323 e. The first kappa shape index (κ1) is 29.4. The van der Waals surface area contributed by atoms with Crippen molar-refractivity contribution >= 4 is 53.7 Å². The largest absolute Gasteiger partial charge is 0.505 e. The number of likely N-dealkylation sites (N-methyl/N-ethyl adjacent to an activating group) is 1. The topological polar surface area (TPSA) is 140 Å². The van der Waals surface area contributed by atoms with Crippen molar-refractivity contribution in [3.05, 3.63) is 95.7 Å². The van der Waals surface area contributed by atoms with Crippen molar-refractivity contribution in [3.8, 4) is 5.75 Å². The van der Waals surface area contributed by atoms with Crippen molar-refractivity contribution in [1.29, 1.82) is 0 Å². The highest BCUT2D eigenvalue weighted by atomic mass is 32.1. The highest BCUT2D eigenvalue weighted by molar-refractivity contribution is 7.80. The van der Waals surface area contributed by atoms with Gasteiger partial charge in [0.1, 0.15) is 18.8 Å². The third kappa shape index (κ3) is 6.76. The minimum Gasteiger partial charge on any atom is -0.505 e. The van der Waals surface area contributed by atoms with E-state index in [0.717, 1.165) is 11.1 Å². The SMILES string of the molecule is CN(C(=O)C(N)CS)c1cccc(C2=CN=Cc3ccccc3N2CC(=O)N(CC(=O)O)Cc2ccccc2)c1O. The van der Waals surface area contributed by atoms with E-state index in [1.54, 1.807) is 29.3 Å². The quantitative estimate of drug-likeness (QED) is 0.274. The van der Waals surface area contributed by atoms with Crippen LogP contribution in [-0.4, -0.2) is 71.0 Å². The summed E-state index contributed by atoms with van der Waals surface area (Å²) in [5, 5.41) is 20.9. The molecule has 1 atom stereocenters. The van der Waals surface area contributed by atoms with Crippen LogP contribution in [0.3, 0.4) is 0 Å². The van der Waals surface area contributed by atoms with Gasteiger partial charge in [-0.15, -0.1) is 0 Å². The first-order valence-electron chi connectivity index (χ1n) is 12.8. The number of para-hydroxylation sites is 2. The number of anilines is 2. The van der Waals surface area contributed by atoms with Gasteiger partial charge in [0.05, 0.1) is 29.3 Å². The molecule has 1 aliphatic heterocycles. The molecule has 4 rings (SSSR count).